The van der Waals surface area contributed by atoms with Gasteiger partial charge in [-0.15, -0.1) is 0 Å². The lowest BCUT2D eigenvalue weighted by Crippen LogP contribution is -2.30. The normalized spacial score (nSPS) is 14.0. The van der Waals surface area contributed by atoms with Crippen LogP contribution >= 0.6 is 15.6 Å². The molecule has 0 aliphatic rings. The van der Waals surface area contributed by atoms with Crippen molar-refractivity contribution in [2.45, 2.75) is 477 Å². The van der Waals surface area contributed by atoms with Gasteiger partial charge in [0, 0.05) is 25.7 Å². The van der Waals surface area contributed by atoms with Crippen molar-refractivity contribution in [3.63, 3.8) is 0 Å². The highest BCUT2D eigenvalue weighted by atomic mass is 31.2. The first-order chi connectivity index (χ1) is 50.6. The first kappa shape index (κ1) is 102. The van der Waals surface area contributed by atoms with Gasteiger partial charge in [-0.05, 0) is 31.6 Å². The number of phosphoric ester groups is 2. The van der Waals surface area contributed by atoms with Crippen LogP contribution in [0.15, 0.2) is 0 Å². The second-order valence-corrected chi connectivity index (χ2v) is 33.7. The molecule has 618 valence electrons. The molecule has 3 unspecified atom stereocenters. The molecule has 3 N–H and O–H groups in total. The van der Waals surface area contributed by atoms with Crippen molar-refractivity contribution in [2.75, 3.05) is 39.6 Å². The van der Waals surface area contributed by atoms with Gasteiger partial charge in [0.25, 0.3) is 0 Å². The van der Waals surface area contributed by atoms with Crippen LogP contribution in [0, 0.1) is 5.92 Å². The Morgan fingerprint density at radius 3 is 0.683 bits per heavy atom. The maximum absolute atomic E-state index is 13.1. The number of carbonyl (C=O) groups excluding carboxylic acids is 4. The standard InChI is InChI=1S/C85H166O17P2/c1-6-10-13-16-19-22-24-26-28-29-30-34-38-41-45-49-54-59-64-69-83(88)96-75-81(102-85(90)71-66-61-56-51-47-43-39-35-32-31-33-37-40-44-48-52-57-62-67-78(5)9-4)77-100-104(93,94)98-73-79(86)72-97-103(91,92)99-76-80(74-95-82(87)68-63-58-53-21-18-15-12-8-3)101-84(89)70-65-60-55-50-46-42-36-27-25-23-20-17-14-11-7-2/h78-81,86H,6-77H2,1-5H3,(H,91,92)(H,93,94)/t78?,79-,80+,81+/m0/s1. The van der Waals surface area contributed by atoms with Gasteiger partial charge >= 0.3 is 39.5 Å². The molecule has 104 heavy (non-hydrogen) atoms. The molecule has 19 heteroatoms. The topological polar surface area (TPSA) is 237 Å². The average Bonchev–Trinajstić information content (AvgIpc) is 0.904. The van der Waals surface area contributed by atoms with Crippen LogP contribution in [0.3, 0.4) is 0 Å². The quantitative estimate of drug-likeness (QED) is 0.0222. The molecule has 0 bridgehead atoms. The van der Waals surface area contributed by atoms with Gasteiger partial charge in [0.05, 0.1) is 26.4 Å². The molecule has 0 aromatic rings. The summed E-state index contributed by atoms with van der Waals surface area (Å²) < 4.78 is 68.8. The van der Waals surface area contributed by atoms with Crippen LogP contribution in [0.4, 0.5) is 0 Å². The number of phosphoric acid groups is 2. The molecule has 0 fully saturated rings. The third kappa shape index (κ3) is 76.8. The smallest absolute Gasteiger partial charge is 0.462 e. The number of aliphatic hydroxyl groups is 1. The zero-order chi connectivity index (χ0) is 76.2. The number of unbranched alkanes of at least 4 members (excludes halogenated alkanes) is 56. The van der Waals surface area contributed by atoms with E-state index in [2.05, 4.69) is 34.6 Å². The molecular weight excluding hydrogens is 1350 g/mol. The minimum absolute atomic E-state index is 0.108. The minimum Gasteiger partial charge on any atom is -0.462 e. The van der Waals surface area contributed by atoms with E-state index in [1.807, 2.05) is 0 Å². The first-order valence-corrected chi connectivity index (χ1v) is 47.2. The first-order valence-electron chi connectivity index (χ1n) is 44.2. The molecule has 0 aliphatic heterocycles. The monoisotopic (exact) mass is 1520 g/mol. The van der Waals surface area contributed by atoms with Crippen LogP contribution in [0.1, 0.15) is 458 Å². The molecule has 0 amide bonds. The van der Waals surface area contributed by atoms with Crippen LogP contribution in [0.25, 0.3) is 0 Å². The zero-order valence-corrected chi connectivity index (χ0v) is 70.0. The summed E-state index contributed by atoms with van der Waals surface area (Å²) >= 11 is 0. The fourth-order valence-electron chi connectivity index (χ4n) is 13.3. The predicted octanol–water partition coefficient (Wildman–Crippen LogP) is 26.0. The summed E-state index contributed by atoms with van der Waals surface area (Å²) in [5.74, 6) is -1.23. The average molecular weight is 1520 g/mol. The number of carbonyl (C=O) groups is 4. The van der Waals surface area contributed by atoms with E-state index in [1.54, 1.807) is 0 Å². The van der Waals surface area contributed by atoms with E-state index in [-0.39, 0.29) is 25.7 Å². The Morgan fingerprint density at radius 1 is 0.269 bits per heavy atom. The Kier molecular flexibility index (Phi) is 76.3. The summed E-state index contributed by atoms with van der Waals surface area (Å²) in [4.78, 5) is 73.1. The molecular formula is C85H166O17P2. The van der Waals surface area contributed by atoms with Crippen LogP contribution in [-0.4, -0.2) is 96.7 Å². The van der Waals surface area contributed by atoms with Gasteiger partial charge in [-0.2, -0.15) is 0 Å². The highest BCUT2D eigenvalue weighted by Crippen LogP contribution is 2.45. The van der Waals surface area contributed by atoms with Gasteiger partial charge in [0.1, 0.15) is 19.3 Å². The summed E-state index contributed by atoms with van der Waals surface area (Å²) in [6.45, 7) is 7.40. The van der Waals surface area contributed by atoms with Crippen molar-refractivity contribution in [2.24, 2.45) is 5.92 Å². The van der Waals surface area contributed by atoms with Crippen molar-refractivity contribution in [1.82, 2.24) is 0 Å². The SMILES string of the molecule is CCCCCCCCCCCCCCCCCCCCCC(=O)OC[C@H](COP(=O)(O)OC[C@@H](O)COP(=O)(O)OC[C@@H](COC(=O)CCCCCCCCCC)OC(=O)CCCCCCCCCCCCCCCCC)OC(=O)CCCCCCCCCCCCCCCCCCCCC(C)CC. The fourth-order valence-corrected chi connectivity index (χ4v) is 14.8. The minimum atomic E-state index is -4.96. The van der Waals surface area contributed by atoms with E-state index >= 15 is 0 Å². The van der Waals surface area contributed by atoms with Gasteiger partial charge in [-0.25, -0.2) is 9.13 Å². The van der Waals surface area contributed by atoms with E-state index < -0.39 is 97.5 Å². The Bertz CT molecular complexity index is 1980. The number of esters is 4. The molecule has 0 radical (unpaired) electrons. The van der Waals surface area contributed by atoms with E-state index in [0.29, 0.717) is 25.7 Å². The van der Waals surface area contributed by atoms with Crippen molar-refractivity contribution in [3.05, 3.63) is 0 Å². The van der Waals surface area contributed by atoms with Crippen molar-refractivity contribution in [3.8, 4) is 0 Å². The van der Waals surface area contributed by atoms with E-state index in [4.69, 9.17) is 37.0 Å². The van der Waals surface area contributed by atoms with Crippen LogP contribution in [0.2, 0.25) is 0 Å². The fraction of sp³-hybridized carbons (Fsp3) is 0.953. The van der Waals surface area contributed by atoms with E-state index in [1.165, 1.54) is 283 Å². The molecule has 0 aromatic carbocycles. The maximum Gasteiger partial charge on any atom is 0.472 e. The molecule has 6 atom stereocenters. The third-order valence-electron chi connectivity index (χ3n) is 20.4. The van der Waals surface area contributed by atoms with E-state index in [0.717, 1.165) is 95.8 Å². The second-order valence-electron chi connectivity index (χ2n) is 30.8. The Labute approximate surface area is 638 Å². The van der Waals surface area contributed by atoms with Crippen molar-refractivity contribution >= 4 is 39.5 Å². The molecule has 0 saturated carbocycles. The summed E-state index contributed by atoms with van der Waals surface area (Å²) in [7, 11) is -9.92. The molecule has 17 nitrogen and oxygen atoms in total. The highest BCUT2D eigenvalue weighted by Gasteiger charge is 2.30. The number of aliphatic hydroxyl groups excluding tert-OH is 1. The van der Waals surface area contributed by atoms with Gasteiger partial charge < -0.3 is 33.8 Å². The predicted molar refractivity (Wildman–Crippen MR) is 428 cm³/mol. The number of hydrogen-bond acceptors (Lipinski definition) is 15. The lowest BCUT2D eigenvalue weighted by molar-refractivity contribution is -0.161. The van der Waals surface area contributed by atoms with Gasteiger partial charge in [0.15, 0.2) is 12.2 Å². The third-order valence-corrected chi connectivity index (χ3v) is 22.3. The summed E-state index contributed by atoms with van der Waals surface area (Å²) in [6.07, 6.45) is 70.9. The van der Waals surface area contributed by atoms with Gasteiger partial charge in [-0.1, -0.05) is 407 Å². The number of rotatable bonds is 85. The highest BCUT2D eigenvalue weighted by molar-refractivity contribution is 7.47. The van der Waals surface area contributed by atoms with Crippen LogP contribution < -0.4 is 0 Å². The molecule has 0 spiro atoms. The molecule has 0 aliphatic carbocycles. The van der Waals surface area contributed by atoms with Crippen molar-refractivity contribution < 1.29 is 80.2 Å². The van der Waals surface area contributed by atoms with Gasteiger partial charge in [-0.3, -0.25) is 37.3 Å². The maximum atomic E-state index is 13.1. The second kappa shape index (κ2) is 77.8. The molecule has 0 saturated heterocycles. The Balaban J connectivity index is 5.18. The summed E-state index contributed by atoms with van der Waals surface area (Å²) in [5, 5.41) is 10.7. The Hall–Kier alpha value is -1.94. The van der Waals surface area contributed by atoms with E-state index in [9.17, 15) is 43.2 Å². The zero-order valence-electron chi connectivity index (χ0n) is 68.2. The largest absolute Gasteiger partial charge is 0.472 e. The molecule has 0 aromatic heterocycles. The Morgan fingerprint density at radius 2 is 0.462 bits per heavy atom. The van der Waals surface area contributed by atoms with Crippen LogP contribution in [-0.2, 0) is 65.4 Å². The number of ether oxygens (including phenoxy) is 4. The molecule has 0 rings (SSSR count). The van der Waals surface area contributed by atoms with Crippen molar-refractivity contribution in [1.29, 1.82) is 0 Å². The summed E-state index contributed by atoms with van der Waals surface area (Å²) in [6, 6.07) is 0. The van der Waals surface area contributed by atoms with Gasteiger partial charge in [0.2, 0.25) is 0 Å². The lowest BCUT2D eigenvalue weighted by atomic mass is 9.99. The lowest BCUT2D eigenvalue weighted by Gasteiger charge is -2.21. The van der Waals surface area contributed by atoms with Crippen LogP contribution in [0.5, 0.6) is 0 Å². The summed E-state index contributed by atoms with van der Waals surface area (Å²) in [5.41, 5.74) is 0. The number of hydrogen-bond donors (Lipinski definition) is 3. The molecule has 0 heterocycles.